The summed E-state index contributed by atoms with van der Waals surface area (Å²) in [6.07, 6.45) is -1.33. The summed E-state index contributed by atoms with van der Waals surface area (Å²) in [6, 6.07) is 0. The van der Waals surface area contributed by atoms with E-state index in [2.05, 4.69) is 5.73 Å². The number of primary amides is 1. The topological polar surface area (TPSA) is 121 Å². The number of hydrogen-bond acceptors (Lipinski definition) is 4. The maximum absolute atomic E-state index is 8.78. The minimum Gasteiger partial charge on any atom is -0.465 e. The summed E-state index contributed by atoms with van der Waals surface area (Å²) in [7, 11) is -2.61. The van der Waals surface area contributed by atoms with Gasteiger partial charge in [-0.3, -0.25) is 0 Å². The van der Waals surface area contributed by atoms with Crippen LogP contribution in [0.4, 0.5) is 4.79 Å². The van der Waals surface area contributed by atoms with Crippen LogP contribution in [0, 0.1) is 4.78 Å². The van der Waals surface area contributed by atoms with Gasteiger partial charge in [-0.05, 0) is 0 Å². The van der Waals surface area contributed by atoms with Gasteiger partial charge in [-0.15, -0.1) is 0 Å². The second kappa shape index (κ2) is 5.89. The van der Waals surface area contributed by atoms with Crippen molar-refractivity contribution in [3.63, 3.8) is 0 Å². The van der Waals surface area contributed by atoms with E-state index in [-0.39, 0.29) is 0 Å². The lowest BCUT2D eigenvalue weighted by atomic mass is 11.3. The molecular weight excluding hydrogens is 136 g/mol. The first-order valence-electron chi connectivity index (χ1n) is 1.25. The molecule has 0 aromatic heterocycles. The molecule has 0 atom stereocenters. The van der Waals surface area contributed by atoms with E-state index in [1.54, 1.807) is 0 Å². The molecule has 0 heterocycles. The highest BCUT2D eigenvalue weighted by Crippen LogP contribution is 1.34. The first kappa shape index (κ1) is 10.00. The maximum atomic E-state index is 8.78. The number of hydrogen-bond donors (Lipinski definition) is 3. The summed E-state index contributed by atoms with van der Waals surface area (Å²) >= 11 is 0. The fraction of sp³-hybridized carbons (Fsp3) is 0. The zero-order valence-corrected chi connectivity index (χ0v) is 4.47. The van der Waals surface area contributed by atoms with Crippen LogP contribution in [-0.2, 0) is 10.5 Å². The van der Waals surface area contributed by atoms with Crippen LogP contribution in [0.5, 0.6) is 0 Å². The van der Waals surface area contributed by atoms with Crippen molar-refractivity contribution >= 4 is 16.6 Å². The Morgan fingerprint density at radius 2 is 1.62 bits per heavy atom. The van der Waals surface area contributed by atoms with Crippen LogP contribution in [0.3, 0.4) is 0 Å². The van der Waals surface area contributed by atoms with E-state index in [1.165, 1.54) is 0 Å². The second-order valence-corrected chi connectivity index (χ2v) is 1.04. The van der Waals surface area contributed by atoms with Crippen molar-refractivity contribution < 1.29 is 18.3 Å². The maximum Gasteiger partial charge on any atom is 0.402 e. The molecule has 0 fully saturated rings. The summed E-state index contributed by atoms with van der Waals surface area (Å²) in [4.78, 5) is 8.78. The largest absolute Gasteiger partial charge is 0.465 e. The standard InChI is InChI=1S/CH3NO2.HNO2S/c2-1(3)4;1-4(2)3/h2H2,(H,3,4);1H. The smallest absolute Gasteiger partial charge is 0.402 e. The summed E-state index contributed by atoms with van der Waals surface area (Å²) in [6.45, 7) is 0. The van der Waals surface area contributed by atoms with Gasteiger partial charge in [-0.1, -0.05) is 0 Å². The van der Waals surface area contributed by atoms with Crippen LogP contribution in [0.15, 0.2) is 0 Å². The molecule has 0 aliphatic rings. The summed E-state index contributed by atoms with van der Waals surface area (Å²) < 4.78 is 22.8. The molecule has 48 valence electrons. The molecule has 0 aliphatic heterocycles. The van der Waals surface area contributed by atoms with Crippen molar-refractivity contribution in [1.82, 2.24) is 0 Å². The van der Waals surface area contributed by atoms with Crippen LogP contribution in [0.2, 0.25) is 0 Å². The van der Waals surface area contributed by atoms with E-state index in [4.69, 9.17) is 23.1 Å². The zero-order valence-electron chi connectivity index (χ0n) is 3.66. The number of nitrogens with two attached hydrogens (primary N) is 1. The Kier molecular flexibility index (Phi) is 7.36. The van der Waals surface area contributed by atoms with Crippen molar-refractivity contribution in [2.45, 2.75) is 0 Å². The fourth-order valence-electron chi connectivity index (χ4n) is 0. The molecule has 0 saturated carbocycles. The lowest BCUT2D eigenvalue weighted by Crippen LogP contribution is -2.03. The van der Waals surface area contributed by atoms with Gasteiger partial charge >= 0.3 is 16.6 Å². The Bertz CT molecular complexity index is 143. The molecule has 4 N–H and O–H groups in total. The van der Waals surface area contributed by atoms with Gasteiger partial charge in [0.15, 0.2) is 0 Å². The highest BCUT2D eigenvalue weighted by molar-refractivity contribution is 7.60. The van der Waals surface area contributed by atoms with E-state index in [0.29, 0.717) is 0 Å². The lowest BCUT2D eigenvalue weighted by molar-refractivity contribution is 0.205. The first-order chi connectivity index (χ1) is 3.46. The van der Waals surface area contributed by atoms with Gasteiger partial charge in [0.05, 0.1) is 0 Å². The molecular formula is CH4N2O4S. The van der Waals surface area contributed by atoms with Crippen LogP contribution in [-0.4, -0.2) is 19.6 Å². The van der Waals surface area contributed by atoms with Crippen LogP contribution in [0.1, 0.15) is 0 Å². The molecule has 0 bridgehead atoms. The quantitative estimate of drug-likeness (QED) is 0.409. The van der Waals surface area contributed by atoms with E-state index < -0.39 is 16.6 Å². The van der Waals surface area contributed by atoms with Gasteiger partial charge in [0.25, 0.3) is 0 Å². The van der Waals surface area contributed by atoms with Crippen molar-refractivity contribution in [2.24, 2.45) is 5.73 Å². The van der Waals surface area contributed by atoms with Crippen LogP contribution in [0.25, 0.3) is 0 Å². The predicted molar refractivity (Wildman–Crippen MR) is 23.9 cm³/mol. The highest BCUT2D eigenvalue weighted by Gasteiger charge is 1.65. The molecule has 0 unspecified atom stereocenters. The minimum atomic E-state index is -2.61. The van der Waals surface area contributed by atoms with Crippen LogP contribution >= 0.6 is 0 Å². The summed E-state index contributed by atoms with van der Waals surface area (Å²) in [5.74, 6) is 0. The number of rotatable bonds is 0. The third kappa shape index (κ3) is 60.1. The van der Waals surface area contributed by atoms with Gasteiger partial charge in [-0.2, -0.15) is 13.2 Å². The fourth-order valence-corrected chi connectivity index (χ4v) is 0. The van der Waals surface area contributed by atoms with E-state index in [9.17, 15) is 0 Å². The number of carbonyl (C=O) groups is 1. The average Bonchev–Trinajstić information content (AvgIpc) is 1.25. The van der Waals surface area contributed by atoms with Gasteiger partial charge in [0.2, 0.25) is 0 Å². The summed E-state index contributed by atoms with van der Waals surface area (Å²) in [5.41, 5.74) is 4.03. The van der Waals surface area contributed by atoms with Crippen molar-refractivity contribution in [3.05, 3.63) is 0 Å². The third-order valence-electron chi connectivity index (χ3n) is 0. The van der Waals surface area contributed by atoms with Crippen molar-refractivity contribution in [3.8, 4) is 0 Å². The molecule has 8 heavy (non-hydrogen) atoms. The minimum absolute atomic E-state index is 1.33. The Labute approximate surface area is 46.4 Å². The van der Waals surface area contributed by atoms with E-state index >= 15 is 0 Å². The Morgan fingerprint density at radius 1 is 1.62 bits per heavy atom. The van der Waals surface area contributed by atoms with E-state index in [0.717, 1.165) is 0 Å². The predicted octanol–water partition coefficient (Wildman–Crippen LogP) is -0.749. The van der Waals surface area contributed by atoms with Gasteiger partial charge in [0, 0.05) is 0 Å². The Morgan fingerprint density at radius 3 is 1.62 bits per heavy atom. The molecule has 0 rings (SSSR count). The highest BCUT2D eigenvalue weighted by atomic mass is 32.2. The van der Waals surface area contributed by atoms with Gasteiger partial charge < -0.3 is 10.8 Å². The molecule has 0 aromatic carbocycles. The summed E-state index contributed by atoms with van der Waals surface area (Å²) in [5, 5.41) is 7.19. The van der Waals surface area contributed by atoms with Gasteiger partial charge in [0.1, 0.15) is 0 Å². The average molecular weight is 140 g/mol. The molecule has 0 aromatic rings. The number of amides is 1. The number of carboxylic acid groups (broad SMARTS) is 1. The SMILES string of the molecule is N=S(=O)=O.NC(=O)O. The molecule has 1 amide bonds. The number of nitrogens with one attached hydrogen (secondary N) is 1. The van der Waals surface area contributed by atoms with Crippen molar-refractivity contribution in [1.29, 1.82) is 4.78 Å². The Hall–Kier alpha value is -1.11. The third-order valence-corrected chi connectivity index (χ3v) is 0. The molecule has 0 saturated heterocycles. The first-order valence-corrected chi connectivity index (χ1v) is 2.33. The molecule has 0 spiro atoms. The van der Waals surface area contributed by atoms with Crippen molar-refractivity contribution in [2.75, 3.05) is 0 Å². The molecule has 6 nitrogen and oxygen atoms in total. The molecule has 0 radical (unpaired) electrons. The van der Waals surface area contributed by atoms with Gasteiger partial charge in [-0.25, -0.2) is 4.79 Å². The van der Waals surface area contributed by atoms with E-state index in [1.807, 2.05) is 0 Å². The molecule has 0 aliphatic carbocycles. The normalized spacial score (nSPS) is 6.00. The second-order valence-electron chi connectivity index (χ2n) is 0.573. The monoisotopic (exact) mass is 140 g/mol. The van der Waals surface area contributed by atoms with Crippen LogP contribution < -0.4 is 5.73 Å². The zero-order chi connectivity index (χ0) is 7.15. The lowest BCUT2D eigenvalue weighted by Gasteiger charge is -1.61. The Balaban J connectivity index is 0. The molecule has 7 heteroatoms.